The molecule has 0 unspecified atom stereocenters. The van der Waals surface area contributed by atoms with Crippen molar-refractivity contribution in [1.29, 1.82) is 0 Å². The van der Waals surface area contributed by atoms with Gasteiger partial charge in [-0.15, -0.1) is 0 Å². The van der Waals surface area contributed by atoms with Gasteiger partial charge in [0.15, 0.2) is 6.61 Å². The van der Waals surface area contributed by atoms with Gasteiger partial charge < -0.3 is 15.8 Å². The number of nitrogens with zero attached hydrogens (tertiary/aromatic N) is 1. The third kappa shape index (κ3) is 4.77. The molecule has 130 valence electrons. The van der Waals surface area contributed by atoms with E-state index in [9.17, 15) is 19.7 Å². The highest BCUT2D eigenvalue weighted by molar-refractivity contribution is 9.10. The molecule has 0 saturated heterocycles. The first kappa shape index (κ1) is 18.4. The fourth-order valence-electron chi connectivity index (χ4n) is 1.93. The molecule has 0 saturated carbocycles. The molecule has 2 rings (SSSR count). The monoisotopic (exact) mass is 407 g/mol. The molecule has 0 aliphatic carbocycles. The third-order valence-corrected chi connectivity index (χ3v) is 4.11. The van der Waals surface area contributed by atoms with Crippen LogP contribution >= 0.6 is 15.9 Å². The molecule has 1 amide bonds. The van der Waals surface area contributed by atoms with E-state index in [1.54, 1.807) is 12.1 Å². The lowest BCUT2D eigenvalue weighted by molar-refractivity contribution is -0.384. The Labute approximate surface area is 151 Å². The summed E-state index contributed by atoms with van der Waals surface area (Å²) >= 11 is 3.35. The number of nitro benzene ring substituents is 1. The normalized spacial score (nSPS) is 10.2. The Balaban J connectivity index is 1.96. The van der Waals surface area contributed by atoms with Crippen molar-refractivity contribution >= 4 is 44.9 Å². The highest BCUT2D eigenvalue weighted by Gasteiger charge is 2.16. The standard InChI is InChI=1S/C16H14BrN3O5/c1-9-2-3-10(6-13(9)17)19-15(21)8-25-16(22)12-5-4-11(20(23)24)7-14(12)18/h2-7H,8,18H2,1H3,(H,19,21). The number of nitrogen functional groups attached to an aromatic ring is 1. The second-order valence-corrected chi connectivity index (χ2v) is 5.97. The number of anilines is 2. The summed E-state index contributed by atoms with van der Waals surface area (Å²) in [6.45, 7) is 1.40. The van der Waals surface area contributed by atoms with Gasteiger partial charge in [-0.2, -0.15) is 0 Å². The maximum absolute atomic E-state index is 11.9. The zero-order valence-electron chi connectivity index (χ0n) is 13.1. The number of nitrogens with two attached hydrogens (primary N) is 1. The van der Waals surface area contributed by atoms with Gasteiger partial charge in [-0.25, -0.2) is 4.79 Å². The average Bonchev–Trinajstić information content (AvgIpc) is 2.56. The lowest BCUT2D eigenvalue weighted by Gasteiger charge is -2.09. The van der Waals surface area contributed by atoms with Crippen LogP contribution in [0.25, 0.3) is 0 Å². The van der Waals surface area contributed by atoms with E-state index in [0.717, 1.165) is 22.2 Å². The number of ether oxygens (including phenoxy) is 1. The first-order chi connectivity index (χ1) is 11.8. The summed E-state index contributed by atoms with van der Waals surface area (Å²) in [6, 6.07) is 8.64. The molecule has 0 aliphatic heterocycles. The number of nitrogens with one attached hydrogen (secondary N) is 1. The van der Waals surface area contributed by atoms with Crippen LogP contribution in [-0.2, 0) is 9.53 Å². The molecular weight excluding hydrogens is 394 g/mol. The Kier molecular flexibility index (Phi) is 5.71. The van der Waals surface area contributed by atoms with E-state index < -0.39 is 23.4 Å². The molecule has 0 aliphatic rings. The van der Waals surface area contributed by atoms with Crippen molar-refractivity contribution in [1.82, 2.24) is 0 Å². The highest BCUT2D eigenvalue weighted by atomic mass is 79.9. The number of hydrogen-bond donors (Lipinski definition) is 2. The van der Waals surface area contributed by atoms with Crippen molar-refractivity contribution in [3.05, 3.63) is 62.1 Å². The number of esters is 1. The van der Waals surface area contributed by atoms with E-state index in [2.05, 4.69) is 21.2 Å². The van der Waals surface area contributed by atoms with Gasteiger partial charge in [-0.1, -0.05) is 22.0 Å². The predicted octanol–water partition coefficient (Wildman–Crippen LogP) is 3.04. The van der Waals surface area contributed by atoms with Crippen molar-refractivity contribution in [3.8, 4) is 0 Å². The Morgan fingerprint density at radius 2 is 2.00 bits per heavy atom. The Bertz CT molecular complexity index is 854. The summed E-state index contributed by atoms with van der Waals surface area (Å²) in [7, 11) is 0. The smallest absolute Gasteiger partial charge is 0.340 e. The van der Waals surface area contributed by atoms with E-state index in [1.807, 2.05) is 13.0 Å². The van der Waals surface area contributed by atoms with E-state index >= 15 is 0 Å². The van der Waals surface area contributed by atoms with Gasteiger partial charge in [0.25, 0.3) is 11.6 Å². The molecule has 0 spiro atoms. The van der Waals surface area contributed by atoms with Gasteiger partial charge in [0.2, 0.25) is 0 Å². The minimum atomic E-state index is -0.840. The van der Waals surface area contributed by atoms with Gasteiger partial charge >= 0.3 is 5.97 Å². The Morgan fingerprint density at radius 1 is 1.28 bits per heavy atom. The number of nitro groups is 1. The minimum Gasteiger partial charge on any atom is -0.452 e. The second kappa shape index (κ2) is 7.75. The van der Waals surface area contributed by atoms with Crippen LogP contribution < -0.4 is 11.1 Å². The molecule has 25 heavy (non-hydrogen) atoms. The molecule has 0 aromatic heterocycles. The summed E-state index contributed by atoms with van der Waals surface area (Å²) in [4.78, 5) is 33.8. The van der Waals surface area contributed by atoms with Crippen molar-refractivity contribution in [2.24, 2.45) is 0 Å². The second-order valence-electron chi connectivity index (χ2n) is 5.12. The van der Waals surface area contributed by atoms with E-state index in [-0.39, 0.29) is 16.9 Å². The molecule has 0 bridgehead atoms. The SMILES string of the molecule is Cc1ccc(NC(=O)COC(=O)c2ccc([N+](=O)[O-])cc2N)cc1Br. The predicted molar refractivity (Wildman–Crippen MR) is 95.3 cm³/mol. The topological polar surface area (TPSA) is 125 Å². The van der Waals surface area contributed by atoms with Crippen LogP contribution in [0.3, 0.4) is 0 Å². The third-order valence-electron chi connectivity index (χ3n) is 3.26. The van der Waals surface area contributed by atoms with Gasteiger partial charge in [0.1, 0.15) is 0 Å². The van der Waals surface area contributed by atoms with Gasteiger partial charge in [0, 0.05) is 22.3 Å². The average molecular weight is 408 g/mol. The van der Waals surface area contributed by atoms with E-state index in [0.29, 0.717) is 5.69 Å². The lowest BCUT2D eigenvalue weighted by Crippen LogP contribution is -2.21. The van der Waals surface area contributed by atoms with E-state index in [1.165, 1.54) is 6.07 Å². The van der Waals surface area contributed by atoms with Crippen molar-refractivity contribution < 1.29 is 19.2 Å². The molecule has 0 heterocycles. The van der Waals surface area contributed by atoms with Crippen molar-refractivity contribution in [2.45, 2.75) is 6.92 Å². The Hall–Kier alpha value is -2.94. The van der Waals surface area contributed by atoms with Gasteiger partial charge in [-0.05, 0) is 30.7 Å². The number of rotatable bonds is 5. The Morgan fingerprint density at radius 3 is 2.60 bits per heavy atom. The maximum Gasteiger partial charge on any atom is 0.340 e. The molecule has 9 heteroatoms. The highest BCUT2D eigenvalue weighted by Crippen LogP contribution is 2.21. The fraction of sp³-hybridized carbons (Fsp3) is 0.125. The van der Waals surface area contributed by atoms with Crippen LogP contribution in [-0.4, -0.2) is 23.4 Å². The largest absolute Gasteiger partial charge is 0.452 e. The van der Waals surface area contributed by atoms with Gasteiger partial charge in [0.05, 0.1) is 16.2 Å². The van der Waals surface area contributed by atoms with Crippen LogP contribution in [0.5, 0.6) is 0 Å². The number of carbonyl (C=O) groups is 2. The van der Waals surface area contributed by atoms with Crippen molar-refractivity contribution in [3.63, 3.8) is 0 Å². The van der Waals surface area contributed by atoms with Crippen LogP contribution in [0.2, 0.25) is 0 Å². The summed E-state index contributed by atoms with van der Waals surface area (Å²) in [6.07, 6.45) is 0. The number of benzene rings is 2. The molecule has 0 radical (unpaired) electrons. The zero-order valence-corrected chi connectivity index (χ0v) is 14.7. The van der Waals surface area contributed by atoms with Gasteiger partial charge in [-0.3, -0.25) is 14.9 Å². The number of carbonyl (C=O) groups excluding carboxylic acids is 2. The quantitative estimate of drug-likeness (QED) is 0.339. The van der Waals surface area contributed by atoms with Crippen LogP contribution in [0.1, 0.15) is 15.9 Å². The first-order valence-corrected chi connectivity index (χ1v) is 7.84. The molecule has 8 nitrogen and oxygen atoms in total. The summed E-state index contributed by atoms with van der Waals surface area (Å²) < 4.78 is 5.72. The minimum absolute atomic E-state index is 0.0449. The summed E-state index contributed by atoms with van der Waals surface area (Å²) in [5.74, 6) is -1.36. The number of non-ortho nitro benzene ring substituents is 1. The number of amides is 1. The molecule has 3 N–H and O–H groups in total. The zero-order chi connectivity index (χ0) is 18.6. The first-order valence-electron chi connectivity index (χ1n) is 7.05. The number of halogens is 1. The molecule has 0 atom stereocenters. The summed E-state index contributed by atoms with van der Waals surface area (Å²) in [5, 5.41) is 13.2. The van der Waals surface area contributed by atoms with Crippen molar-refractivity contribution in [2.75, 3.05) is 17.7 Å². The summed E-state index contributed by atoms with van der Waals surface area (Å²) in [5.41, 5.74) is 6.79. The van der Waals surface area contributed by atoms with Crippen LogP contribution in [0, 0.1) is 17.0 Å². The fourth-order valence-corrected chi connectivity index (χ4v) is 2.30. The van der Waals surface area contributed by atoms with Crippen LogP contribution in [0.15, 0.2) is 40.9 Å². The van der Waals surface area contributed by atoms with E-state index in [4.69, 9.17) is 10.5 Å². The number of hydrogen-bond acceptors (Lipinski definition) is 6. The van der Waals surface area contributed by atoms with Crippen LogP contribution in [0.4, 0.5) is 17.1 Å². The maximum atomic E-state index is 11.9. The molecular formula is C16H14BrN3O5. The molecule has 2 aromatic carbocycles. The lowest BCUT2D eigenvalue weighted by atomic mass is 10.1. The number of aryl methyl sites for hydroxylation is 1. The molecule has 2 aromatic rings. The molecule has 0 fully saturated rings.